The van der Waals surface area contributed by atoms with Crippen LogP contribution in [0.25, 0.3) is 0 Å². The van der Waals surface area contributed by atoms with E-state index in [0.717, 1.165) is 56.3 Å². The number of carbonyl (C=O) groups excluding carboxylic acids is 4. The summed E-state index contributed by atoms with van der Waals surface area (Å²) in [5, 5.41) is 0. The summed E-state index contributed by atoms with van der Waals surface area (Å²) >= 11 is 0. The molecule has 1 aromatic carbocycles. The van der Waals surface area contributed by atoms with Crippen LogP contribution in [0.4, 0.5) is 0 Å². The van der Waals surface area contributed by atoms with Crippen LogP contribution >= 0.6 is 0 Å². The molecule has 2 aliphatic heterocycles. The lowest BCUT2D eigenvalue weighted by Gasteiger charge is -2.46. The van der Waals surface area contributed by atoms with Crippen molar-refractivity contribution >= 4 is 23.9 Å². The molecule has 1 aromatic rings. The molecule has 0 spiro atoms. The van der Waals surface area contributed by atoms with Crippen molar-refractivity contribution in [2.75, 3.05) is 26.8 Å². The highest BCUT2D eigenvalue weighted by atomic mass is 16.7. The number of methoxy groups -OCH3 is 1. The number of benzene rings is 1. The SMILES string of the molecule is CCCN1CCC[C@@H]2Cc3c(ccc(OC)c3O[C@@H]3O[C@H](C(=O)OCC)[C@@H](OC(=O)C(C)(C)C)[C@H](OC(=O)C(C)(C)C)[C@H]3OC(=O)C(C)(C)C)C[C@H]21. The number of nitrogens with zero attached hydrogens (tertiary/aromatic N) is 1. The second-order valence-electron chi connectivity index (χ2n) is 17.3. The molecular formula is C40H61NO11. The highest BCUT2D eigenvalue weighted by Crippen LogP contribution is 2.45. The van der Waals surface area contributed by atoms with Gasteiger partial charge in [0.05, 0.1) is 30.0 Å². The summed E-state index contributed by atoms with van der Waals surface area (Å²) in [6, 6.07) is 4.31. The molecule has 12 heteroatoms. The predicted molar refractivity (Wildman–Crippen MR) is 193 cm³/mol. The number of rotatable bonds is 10. The summed E-state index contributed by atoms with van der Waals surface area (Å²) in [4.78, 5) is 57.0. The van der Waals surface area contributed by atoms with Gasteiger partial charge in [-0.3, -0.25) is 19.3 Å². The molecule has 0 unspecified atom stereocenters. The van der Waals surface area contributed by atoms with Crippen molar-refractivity contribution in [3.05, 3.63) is 23.3 Å². The number of hydrogen-bond donors (Lipinski definition) is 0. The largest absolute Gasteiger partial charge is 0.493 e. The Morgan fingerprint density at radius 1 is 0.808 bits per heavy atom. The second kappa shape index (κ2) is 16.3. The first-order valence-corrected chi connectivity index (χ1v) is 18.8. The summed E-state index contributed by atoms with van der Waals surface area (Å²) in [5.74, 6) is -1.66. The Hall–Kier alpha value is -3.38. The first-order valence-electron chi connectivity index (χ1n) is 18.8. The number of ether oxygens (including phenoxy) is 7. The van der Waals surface area contributed by atoms with Gasteiger partial charge in [0.25, 0.3) is 0 Å². The monoisotopic (exact) mass is 731 g/mol. The molecule has 12 nitrogen and oxygen atoms in total. The van der Waals surface area contributed by atoms with E-state index in [9.17, 15) is 19.2 Å². The molecule has 0 amide bonds. The van der Waals surface area contributed by atoms with E-state index in [4.69, 9.17) is 33.2 Å². The summed E-state index contributed by atoms with van der Waals surface area (Å²) in [5.41, 5.74) is -0.977. The van der Waals surface area contributed by atoms with Crippen molar-refractivity contribution in [1.29, 1.82) is 0 Å². The van der Waals surface area contributed by atoms with Gasteiger partial charge in [0.2, 0.25) is 12.4 Å². The van der Waals surface area contributed by atoms with Crippen molar-refractivity contribution in [2.45, 2.75) is 145 Å². The zero-order valence-electron chi connectivity index (χ0n) is 33.3. The molecule has 2 fully saturated rings. The van der Waals surface area contributed by atoms with E-state index in [1.165, 1.54) is 0 Å². The molecule has 0 bridgehead atoms. The minimum absolute atomic E-state index is 0.00331. The summed E-state index contributed by atoms with van der Waals surface area (Å²) in [6.07, 6.45) is -2.85. The van der Waals surface area contributed by atoms with Crippen LogP contribution in [0.2, 0.25) is 0 Å². The lowest BCUT2D eigenvalue weighted by molar-refractivity contribution is -0.287. The number of carbonyl (C=O) groups is 4. The minimum atomic E-state index is -1.60. The van der Waals surface area contributed by atoms with E-state index in [-0.39, 0.29) is 6.61 Å². The Balaban J connectivity index is 1.88. The van der Waals surface area contributed by atoms with Gasteiger partial charge < -0.3 is 33.2 Å². The molecule has 0 saturated carbocycles. The molecule has 2 saturated heterocycles. The van der Waals surface area contributed by atoms with Gasteiger partial charge in [0, 0.05) is 11.6 Å². The van der Waals surface area contributed by atoms with Crippen LogP contribution in [0.15, 0.2) is 12.1 Å². The number of fused-ring (bicyclic) bond motifs is 2. The van der Waals surface area contributed by atoms with Crippen molar-refractivity contribution in [3.63, 3.8) is 0 Å². The molecule has 0 radical (unpaired) electrons. The molecule has 0 N–H and O–H groups in total. The second-order valence-corrected chi connectivity index (χ2v) is 17.3. The Bertz CT molecular complexity index is 1450. The molecule has 3 aliphatic rings. The van der Waals surface area contributed by atoms with Gasteiger partial charge in [-0.05, 0) is 132 Å². The number of hydrogen-bond acceptors (Lipinski definition) is 12. The maximum absolute atomic E-state index is 13.7. The van der Waals surface area contributed by atoms with E-state index >= 15 is 0 Å². The maximum Gasteiger partial charge on any atom is 0.339 e. The third-order valence-corrected chi connectivity index (χ3v) is 9.80. The van der Waals surface area contributed by atoms with Crippen LogP contribution < -0.4 is 9.47 Å². The standard InChI is InChI=1S/C40H61NO11/c1-13-19-41-20-15-16-24-21-25-23(22-26(24)41)17-18-27(46-12)28(25)48-34-32(52-37(45)40(9,10)11)30(51-36(44)39(6,7)8)29(50-35(43)38(3,4)5)31(49-34)33(42)47-14-2/h17-18,24,26,29-32,34H,13-16,19-22H2,1-12H3/t24-,26-,29+,30+,31+,32-,34-/m1/s1. The van der Waals surface area contributed by atoms with E-state index < -0.39 is 70.8 Å². The smallest absolute Gasteiger partial charge is 0.339 e. The summed E-state index contributed by atoms with van der Waals surface area (Å²) < 4.78 is 42.6. The molecule has 0 aromatic heterocycles. The van der Waals surface area contributed by atoms with Crippen molar-refractivity contribution < 1.29 is 52.3 Å². The van der Waals surface area contributed by atoms with Crippen LogP contribution in [-0.4, -0.2) is 92.3 Å². The van der Waals surface area contributed by atoms with Gasteiger partial charge in [-0.25, -0.2) is 4.79 Å². The average Bonchev–Trinajstić information content (AvgIpc) is 3.05. The van der Waals surface area contributed by atoms with Crippen LogP contribution in [0.5, 0.6) is 11.5 Å². The van der Waals surface area contributed by atoms with Crippen molar-refractivity contribution in [2.24, 2.45) is 22.2 Å². The summed E-state index contributed by atoms with van der Waals surface area (Å²) in [6.45, 7) is 21.0. The molecule has 52 heavy (non-hydrogen) atoms. The Labute approximate surface area is 309 Å². The number of piperidine rings is 1. The quantitative estimate of drug-likeness (QED) is 0.212. The topological polar surface area (TPSA) is 136 Å². The van der Waals surface area contributed by atoms with Crippen LogP contribution in [0.1, 0.15) is 107 Å². The van der Waals surface area contributed by atoms with Gasteiger partial charge in [-0.15, -0.1) is 0 Å². The summed E-state index contributed by atoms with van der Waals surface area (Å²) in [7, 11) is 1.54. The first kappa shape index (κ1) is 41.4. The molecular weight excluding hydrogens is 670 g/mol. The molecule has 1 aliphatic carbocycles. The molecule has 4 rings (SSSR count). The minimum Gasteiger partial charge on any atom is -0.493 e. The molecule has 292 valence electrons. The zero-order chi connectivity index (χ0) is 38.8. The van der Waals surface area contributed by atoms with Gasteiger partial charge in [-0.2, -0.15) is 0 Å². The van der Waals surface area contributed by atoms with E-state index in [2.05, 4.69) is 17.9 Å². The fraction of sp³-hybridized carbons (Fsp3) is 0.750. The highest BCUT2D eigenvalue weighted by Gasteiger charge is 2.58. The third kappa shape index (κ3) is 9.40. The highest BCUT2D eigenvalue weighted by molar-refractivity contribution is 5.80. The van der Waals surface area contributed by atoms with Crippen LogP contribution in [0, 0.1) is 22.2 Å². The number of esters is 4. The van der Waals surface area contributed by atoms with Gasteiger partial charge in [-0.1, -0.05) is 13.0 Å². The molecule has 7 atom stereocenters. The molecule has 2 heterocycles. The predicted octanol–water partition coefficient (Wildman–Crippen LogP) is 5.82. The maximum atomic E-state index is 13.7. The van der Waals surface area contributed by atoms with Crippen LogP contribution in [-0.2, 0) is 55.7 Å². The van der Waals surface area contributed by atoms with Crippen molar-refractivity contribution in [3.8, 4) is 11.5 Å². The Kier molecular flexibility index (Phi) is 13.0. The Morgan fingerprint density at radius 3 is 1.92 bits per heavy atom. The van der Waals surface area contributed by atoms with Crippen LogP contribution in [0.3, 0.4) is 0 Å². The van der Waals surface area contributed by atoms with Gasteiger partial charge >= 0.3 is 23.9 Å². The lowest BCUT2D eigenvalue weighted by atomic mass is 9.75. The first-order chi connectivity index (χ1) is 24.2. The van der Waals surface area contributed by atoms with E-state index in [1.807, 2.05) is 6.07 Å². The van der Waals surface area contributed by atoms with E-state index in [1.54, 1.807) is 76.3 Å². The zero-order valence-corrected chi connectivity index (χ0v) is 33.3. The van der Waals surface area contributed by atoms with Crippen molar-refractivity contribution in [1.82, 2.24) is 4.90 Å². The van der Waals surface area contributed by atoms with Gasteiger partial charge in [0.1, 0.15) is 0 Å². The normalized spacial score (nSPS) is 26.7. The van der Waals surface area contributed by atoms with E-state index in [0.29, 0.717) is 23.5 Å². The Morgan fingerprint density at radius 2 is 1.38 bits per heavy atom. The van der Waals surface area contributed by atoms with Gasteiger partial charge in [0.15, 0.2) is 29.8 Å². The fourth-order valence-corrected chi connectivity index (χ4v) is 6.88. The fourth-order valence-electron chi connectivity index (χ4n) is 6.88. The average molecular weight is 732 g/mol. The lowest BCUT2D eigenvalue weighted by Crippen LogP contribution is -2.65. The number of likely N-dealkylation sites (tertiary alicyclic amines) is 1. The third-order valence-electron chi connectivity index (χ3n) is 9.80.